The molecule has 1 atom stereocenters. The van der Waals surface area contributed by atoms with Crippen LogP contribution in [0.2, 0.25) is 0 Å². The Labute approximate surface area is 106 Å². The number of carbonyl (C=O) groups is 1. The monoisotopic (exact) mass is 252 g/mol. The van der Waals surface area contributed by atoms with Crippen LogP contribution in [-0.2, 0) is 9.53 Å². The van der Waals surface area contributed by atoms with Crippen molar-refractivity contribution in [2.75, 3.05) is 31.6 Å². The zero-order valence-corrected chi connectivity index (χ0v) is 10.4. The van der Waals surface area contributed by atoms with Gasteiger partial charge in [0.05, 0.1) is 13.5 Å². The number of piperazine rings is 1. The first-order valence-corrected chi connectivity index (χ1v) is 6.00. The molecule has 1 aliphatic heterocycles. The van der Waals surface area contributed by atoms with Gasteiger partial charge in [0.15, 0.2) is 0 Å². The second-order valence-electron chi connectivity index (χ2n) is 4.36. The molecule has 0 aromatic heterocycles. The van der Waals surface area contributed by atoms with Crippen LogP contribution in [0.25, 0.3) is 0 Å². The molecule has 98 valence electrons. The van der Waals surface area contributed by atoms with Crippen LogP contribution in [0.4, 0.5) is 10.1 Å². The molecule has 0 radical (unpaired) electrons. The molecule has 1 saturated heterocycles. The molecule has 1 unspecified atom stereocenters. The van der Waals surface area contributed by atoms with Gasteiger partial charge < -0.3 is 15.0 Å². The molecule has 1 aromatic carbocycles. The number of methoxy groups -OCH3 is 1. The number of hydrogen-bond donors (Lipinski definition) is 1. The fourth-order valence-corrected chi connectivity index (χ4v) is 2.15. The van der Waals surface area contributed by atoms with Gasteiger partial charge in [0.25, 0.3) is 0 Å². The van der Waals surface area contributed by atoms with Crippen molar-refractivity contribution in [3.63, 3.8) is 0 Å². The number of nitrogens with zero attached hydrogens (tertiary/aromatic N) is 1. The summed E-state index contributed by atoms with van der Waals surface area (Å²) in [5.74, 6) is -0.468. The third-order valence-electron chi connectivity index (χ3n) is 3.07. The fourth-order valence-electron chi connectivity index (χ4n) is 2.15. The van der Waals surface area contributed by atoms with Gasteiger partial charge in [-0.3, -0.25) is 4.79 Å². The van der Waals surface area contributed by atoms with E-state index in [2.05, 4.69) is 15.0 Å². The van der Waals surface area contributed by atoms with Crippen LogP contribution < -0.4 is 10.2 Å². The minimum Gasteiger partial charge on any atom is -0.469 e. The lowest BCUT2D eigenvalue weighted by molar-refractivity contribution is -0.141. The summed E-state index contributed by atoms with van der Waals surface area (Å²) in [5, 5.41) is 3.26. The number of esters is 1. The largest absolute Gasteiger partial charge is 0.469 e. The number of anilines is 1. The van der Waals surface area contributed by atoms with Crippen molar-refractivity contribution < 1.29 is 13.9 Å². The maximum Gasteiger partial charge on any atom is 0.307 e. The molecule has 1 heterocycles. The average molecular weight is 252 g/mol. The molecular formula is C13H17FN2O2. The van der Waals surface area contributed by atoms with Crippen LogP contribution in [-0.4, -0.2) is 38.8 Å². The first-order chi connectivity index (χ1) is 8.69. The van der Waals surface area contributed by atoms with Gasteiger partial charge >= 0.3 is 5.97 Å². The number of nitrogens with one attached hydrogen (secondary N) is 1. The first kappa shape index (κ1) is 12.8. The molecule has 1 N–H and O–H groups in total. The van der Waals surface area contributed by atoms with Crippen LogP contribution >= 0.6 is 0 Å². The smallest absolute Gasteiger partial charge is 0.307 e. The quantitative estimate of drug-likeness (QED) is 0.820. The number of halogens is 1. The highest BCUT2D eigenvalue weighted by Gasteiger charge is 2.22. The zero-order valence-electron chi connectivity index (χ0n) is 10.4. The maximum absolute atomic E-state index is 13.2. The van der Waals surface area contributed by atoms with Gasteiger partial charge in [0.2, 0.25) is 0 Å². The Morgan fingerprint density at radius 1 is 1.61 bits per heavy atom. The van der Waals surface area contributed by atoms with Crippen molar-refractivity contribution in [2.45, 2.75) is 12.5 Å². The van der Waals surface area contributed by atoms with E-state index in [1.807, 2.05) is 6.07 Å². The Hall–Kier alpha value is -1.62. The normalized spacial score (nSPS) is 19.7. The number of carbonyl (C=O) groups excluding carboxylic acids is 1. The maximum atomic E-state index is 13.2. The van der Waals surface area contributed by atoms with Gasteiger partial charge in [-0.2, -0.15) is 0 Å². The van der Waals surface area contributed by atoms with E-state index >= 15 is 0 Å². The van der Waals surface area contributed by atoms with E-state index in [0.29, 0.717) is 13.0 Å². The summed E-state index contributed by atoms with van der Waals surface area (Å²) in [6.07, 6.45) is 0.336. The number of rotatable bonds is 3. The predicted octanol–water partition coefficient (Wildman–Crippen LogP) is 1.17. The van der Waals surface area contributed by atoms with Crippen LogP contribution in [0.15, 0.2) is 24.3 Å². The van der Waals surface area contributed by atoms with E-state index in [4.69, 9.17) is 0 Å². The van der Waals surface area contributed by atoms with Crippen molar-refractivity contribution in [3.05, 3.63) is 30.1 Å². The van der Waals surface area contributed by atoms with Crippen LogP contribution in [0.1, 0.15) is 6.42 Å². The van der Waals surface area contributed by atoms with E-state index in [-0.39, 0.29) is 17.8 Å². The minimum atomic E-state index is -0.240. The molecule has 5 heteroatoms. The molecule has 2 rings (SSSR count). The molecule has 0 spiro atoms. The summed E-state index contributed by atoms with van der Waals surface area (Å²) >= 11 is 0. The topological polar surface area (TPSA) is 41.6 Å². The molecule has 1 fully saturated rings. The molecule has 0 amide bonds. The Morgan fingerprint density at radius 3 is 3.17 bits per heavy atom. The van der Waals surface area contributed by atoms with Gasteiger partial charge in [0, 0.05) is 31.4 Å². The average Bonchev–Trinajstić information content (AvgIpc) is 2.39. The zero-order chi connectivity index (χ0) is 13.0. The van der Waals surface area contributed by atoms with Gasteiger partial charge in [-0.15, -0.1) is 0 Å². The van der Waals surface area contributed by atoms with Crippen molar-refractivity contribution in [1.29, 1.82) is 0 Å². The lowest BCUT2D eigenvalue weighted by Crippen LogP contribution is -2.51. The van der Waals surface area contributed by atoms with Crippen molar-refractivity contribution in [1.82, 2.24) is 5.32 Å². The molecule has 1 aliphatic rings. The van der Waals surface area contributed by atoms with Crippen molar-refractivity contribution in [2.24, 2.45) is 0 Å². The molecule has 1 aromatic rings. The lowest BCUT2D eigenvalue weighted by Gasteiger charge is -2.34. The van der Waals surface area contributed by atoms with Crippen LogP contribution in [0.3, 0.4) is 0 Å². The minimum absolute atomic E-state index is 0.0504. The molecule has 0 bridgehead atoms. The second-order valence-corrected chi connectivity index (χ2v) is 4.36. The van der Waals surface area contributed by atoms with Gasteiger partial charge in [0.1, 0.15) is 5.82 Å². The number of benzene rings is 1. The SMILES string of the molecule is COC(=O)CC1CN(c2cccc(F)c2)CCN1. The highest BCUT2D eigenvalue weighted by molar-refractivity contribution is 5.70. The third-order valence-corrected chi connectivity index (χ3v) is 3.07. The Morgan fingerprint density at radius 2 is 2.44 bits per heavy atom. The van der Waals surface area contributed by atoms with E-state index < -0.39 is 0 Å². The summed E-state index contributed by atoms with van der Waals surface area (Å²) in [6.45, 7) is 2.26. The summed E-state index contributed by atoms with van der Waals surface area (Å²) < 4.78 is 17.8. The molecule has 18 heavy (non-hydrogen) atoms. The number of ether oxygens (including phenoxy) is 1. The van der Waals surface area contributed by atoms with E-state index in [1.54, 1.807) is 6.07 Å². The van der Waals surface area contributed by atoms with Gasteiger partial charge in [-0.25, -0.2) is 4.39 Å². The third kappa shape index (κ3) is 3.20. The van der Waals surface area contributed by atoms with Crippen molar-refractivity contribution >= 4 is 11.7 Å². The fraction of sp³-hybridized carbons (Fsp3) is 0.462. The van der Waals surface area contributed by atoms with Gasteiger partial charge in [-0.05, 0) is 18.2 Å². The summed E-state index contributed by atoms with van der Waals surface area (Å²) in [7, 11) is 1.38. The first-order valence-electron chi connectivity index (χ1n) is 6.00. The van der Waals surface area contributed by atoms with Gasteiger partial charge in [-0.1, -0.05) is 6.07 Å². The highest BCUT2D eigenvalue weighted by atomic mass is 19.1. The van der Waals surface area contributed by atoms with Crippen molar-refractivity contribution in [3.8, 4) is 0 Å². The van der Waals surface area contributed by atoms with E-state index in [9.17, 15) is 9.18 Å². The Bertz CT molecular complexity index is 425. The molecule has 0 saturated carbocycles. The summed E-state index contributed by atoms with van der Waals surface area (Å²) in [4.78, 5) is 13.3. The molecular weight excluding hydrogens is 235 g/mol. The van der Waals surface area contributed by atoms with E-state index in [0.717, 1.165) is 18.8 Å². The summed E-state index contributed by atoms with van der Waals surface area (Å²) in [6, 6.07) is 6.57. The van der Waals surface area contributed by atoms with Crippen LogP contribution in [0, 0.1) is 5.82 Å². The lowest BCUT2D eigenvalue weighted by atomic mass is 10.1. The van der Waals surface area contributed by atoms with Crippen LogP contribution in [0.5, 0.6) is 0 Å². The molecule has 0 aliphatic carbocycles. The Kier molecular flexibility index (Phi) is 4.15. The summed E-state index contributed by atoms with van der Waals surface area (Å²) in [5.41, 5.74) is 0.853. The molecule has 4 nitrogen and oxygen atoms in total. The Balaban J connectivity index is 2.00. The van der Waals surface area contributed by atoms with E-state index in [1.165, 1.54) is 19.2 Å². The highest BCUT2D eigenvalue weighted by Crippen LogP contribution is 2.17. The number of hydrogen-bond acceptors (Lipinski definition) is 4. The predicted molar refractivity (Wildman–Crippen MR) is 67.0 cm³/mol. The second kappa shape index (κ2) is 5.82. The standard InChI is InChI=1S/C13H17FN2O2/c1-18-13(17)8-11-9-16(6-5-15-11)12-4-2-3-10(14)7-12/h2-4,7,11,15H,5-6,8-9H2,1H3.